The van der Waals surface area contributed by atoms with E-state index in [2.05, 4.69) is 147 Å². The molecule has 1 fully saturated rings. The summed E-state index contributed by atoms with van der Waals surface area (Å²) in [6.45, 7) is 13.4. The van der Waals surface area contributed by atoms with Crippen molar-refractivity contribution in [2.24, 2.45) is 15.4 Å². The number of hydrogen-bond donors (Lipinski definition) is 2. The second-order valence-electron chi connectivity index (χ2n) is 13.1. The number of aromatic amines is 1. The summed E-state index contributed by atoms with van der Waals surface area (Å²) in [5.41, 5.74) is 13.5. The summed E-state index contributed by atoms with van der Waals surface area (Å²) in [6.07, 6.45) is 11.9. The number of fused-ring (bicyclic) bond motifs is 6. The van der Waals surface area contributed by atoms with Crippen molar-refractivity contribution in [1.29, 1.82) is 0 Å². The van der Waals surface area contributed by atoms with Crippen LogP contribution < -0.4 is 16.0 Å². The van der Waals surface area contributed by atoms with Crippen molar-refractivity contribution in [1.82, 2.24) is 10.3 Å². The molecule has 3 aromatic rings. The van der Waals surface area contributed by atoms with Crippen molar-refractivity contribution in [3.63, 3.8) is 0 Å². The molecule has 2 atom stereocenters. The largest absolute Gasteiger partial charge is 0.354 e. The van der Waals surface area contributed by atoms with Crippen LogP contribution in [0.1, 0.15) is 53.6 Å². The Hall–Kier alpha value is -3.80. The van der Waals surface area contributed by atoms with E-state index in [1.165, 1.54) is 27.8 Å². The molecule has 2 unspecified atom stereocenters. The summed E-state index contributed by atoms with van der Waals surface area (Å²) in [5, 5.41) is 5.97. The summed E-state index contributed by atoms with van der Waals surface area (Å²) in [4.78, 5) is 14.3. The Labute approximate surface area is 262 Å². The van der Waals surface area contributed by atoms with Gasteiger partial charge in [-0.2, -0.15) is 0 Å². The topological polar surface area (TPSA) is 52.5 Å². The first-order valence-corrected chi connectivity index (χ1v) is 15.9. The molecule has 0 amide bonds. The third-order valence-corrected chi connectivity index (χ3v) is 10.1. The van der Waals surface area contributed by atoms with Gasteiger partial charge in [0.1, 0.15) is 0 Å². The molecule has 2 aromatic carbocycles. The van der Waals surface area contributed by atoms with Gasteiger partial charge in [0.15, 0.2) is 0 Å². The standard InChI is InChI=1S/C38H37BrN4/c1-21-7-9-25(10-8-21)35-27-12-11-26(40-27)19-33-38(5,6)20-32(43-33)37(39)31-16-15-30(42-31)36(29-14-13-28(35)41-29)34-23(3)17-22(2)18-24(34)4/h7-19,32-33,41,43H,20H2,1-6H3/b26-19-,35-28-,36-29+,37-31+. The Morgan fingerprint density at radius 2 is 1.42 bits per heavy atom. The van der Waals surface area contributed by atoms with Gasteiger partial charge in [0.2, 0.25) is 0 Å². The van der Waals surface area contributed by atoms with Crippen LogP contribution in [-0.4, -0.2) is 28.5 Å². The Morgan fingerprint density at radius 3 is 2.14 bits per heavy atom. The molecule has 5 heterocycles. The zero-order valence-corrected chi connectivity index (χ0v) is 27.2. The van der Waals surface area contributed by atoms with Crippen LogP contribution in [0.4, 0.5) is 0 Å². The number of aliphatic imine (C=N–C) groups is 2. The highest BCUT2D eigenvalue weighted by Gasteiger charge is 2.41. The van der Waals surface area contributed by atoms with E-state index in [1.54, 1.807) is 0 Å². The molecule has 0 aliphatic carbocycles. The van der Waals surface area contributed by atoms with E-state index in [9.17, 15) is 0 Å². The molecule has 216 valence electrons. The van der Waals surface area contributed by atoms with Crippen LogP contribution in [0.15, 0.2) is 105 Å². The summed E-state index contributed by atoms with van der Waals surface area (Å²) in [6, 6.07) is 18.0. The van der Waals surface area contributed by atoms with Crippen LogP contribution in [0.25, 0.3) is 11.1 Å². The number of nitrogens with one attached hydrogen (secondary N) is 2. The summed E-state index contributed by atoms with van der Waals surface area (Å²) >= 11 is 3.98. The molecule has 4 aliphatic rings. The monoisotopic (exact) mass is 628 g/mol. The summed E-state index contributed by atoms with van der Waals surface area (Å²) < 4.78 is 1.10. The second-order valence-corrected chi connectivity index (χ2v) is 13.9. The zero-order valence-electron chi connectivity index (χ0n) is 25.6. The van der Waals surface area contributed by atoms with Crippen molar-refractivity contribution in [2.75, 3.05) is 0 Å². The first-order valence-electron chi connectivity index (χ1n) is 15.1. The highest BCUT2D eigenvalue weighted by atomic mass is 79.9. The Kier molecular flexibility index (Phi) is 6.79. The lowest BCUT2D eigenvalue weighted by Crippen LogP contribution is -2.33. The summed E-state index contributed by atoms with van der Waals surface area (Å²) in [5.74, 6) is 0. The zero-order chi connectivity index (χ0) is 30.0. The number of nitrogens with zero attached hydrogens (tertiary/aromatic N) is 2. The maximum absolute atomic E-state index is 5.27. The van der Waals surface area contributed by atoms with Crippen LogP contribution in [0.3, 0.4) is 0 Å². The minimum atomic E-state index is 0.0526. The third-order valence-electron chi connectivity index (χ3n) is 9.15. The molecule has 1 saturated heterocycles. The van der Waals surface area contributed by atoms with E-state index >= 15 is 0 Å². The van der Waals surface area contributed by atoms with Gasteiger partial charge >= 0.3 is 0 Å². The molecule has 4 aliphatic heterocycles. The Balaban J connectivity index is 1.58. The molecular formula is C38H37BrN4. The molecular weight excluding hydrogens is 592 g/mol. The number of rotatable bonds is 2. The predicted octanol–water partition coefficient (Wildman–Crippen LogP) is 6.93. The van der Waals surface area contributed by atoms with Crippen LogP contribution in [-0.2, 0) is 0 Å². The van der Waals surface area contributed by atoms with E-state index in [1.807, 2.05) is 0 Å². The van der Waals surface area contributed by atoms with E-state index in [0.717, 1.165) is 61.1 Å². The lowest BCUT2D eigenvalue weighted by molar-refractivity contribution is 0.355. The Bertz CT molecular complexity index is 1970. The third kappa shape index (κ3) is 4.99. The van der Waals surface area contributed by atoms with E-state index in [0.29, 0.717) is 0 Å². The maximum atomic E-state index is 5.27. The highest BCUT2D eigenvalue weighted by molar-refractivity contribution is 9.11. The Morgan fingerprint density at radius 1 is 0.767 bits per heavy atom. The summed E-state index contributed by atoms with van der Waals surface area (Å²) in [7, 11) is 0. The number of benzene rings is 2. The van der Waals surface area contributed by atoms with Gasteiger partial charge in [0.25, 0.3) is 0 Å². The molecule has 5 heteroatoms. The van der Waals surface area contributed by atoms with Crippen LogP contribution in [0.2, 0.25) is 0 Å². The second kappa shape index (κ2) is 10.4. The number of allylic oxidation sites excluding steroid dienone is 4. The van der Waals surface area contributed by atoms with Crippen LogP contribution >= 0.6 is 15.9 Å². The van der Waals surface area contributed by atoms with Gasteiger partial charge in [0.05, 0.1) is 22.8 Å². The SMILES string of the molecule is Cc1ccc(/C2=c3\cc/c([nH]3)=C(\c3c(C)cc(C)cc3C)C3=N/C(=C(/Br)C4CC(C)(C)C(/C=C5/C=CC2=N5)N4)C=C3)cc1. The molecule has 0 saturated carbocycles. The van der Waals surface area contributed by atoms with Gasteiger partial charge in [-0.15, -0.1) is 0 Å². The minimum Gasteiger partial charge on any atom is -0.354 e. The molecule has 2 N–H and O–H groups in total. The smallest absolute Gasteiger partial charge is 0.0755 e. The number of hydrogen-bond acceptors (Lipinski definition) is 3. The number of H-pyrrole nitrogens is 1. The van der Waals surface area contributed by atoms with Crippen LogP contribution in [0.5, 0.6) is 0 Å². The lowest BCUT2D eigenvalue weighted by Gasteiger charge is -2.23. The average Bonchev–Trinajstić information content (AvgIpc) is 3.75. The first kappa shape index (κ1) is 28.0. The molecule has 7 rings (SSSR count). The quantitative estimate of drug-likeness (QED) is 0.318. The van der Waals surface area contributed by atoms with Gasteiger partial charge in [0, 0.05) is 38.4 Å². The van der Waals surface area contributed by atoms with Gasteiger partial charge in [-0.1, -0.05) is 77.3 Å². The molecule has 0 spiro atoms. The minimum absolute atomic E-state index is 0.0526. The predicted molar refractivity (Wildman–Crippen MR) is 183 cm³/mol. The number of aryl methyl sites for hydroxylation is 4. The first-order chi connectivity index (χ1) is 20.6. The number of aromatic nitrogens is 1. The van der Waals surface area contributed by atoms with E-state index in [4.69, 9.17) is 9.98 Å². The van der Waals surface area contributed by atoms with Crippen molar-refractivity contribution in [2.45, 2.75) is 60.0 Å². The molecule has 8 bridgehead atoms. The highest BCUT2D eigenvalue weighted by Crippen LogP contribution is 2.41. The van der Waals surface area contributed by atoms with Gasteiger partial charge in [-0.25, -0.2) is 9.98 Å². The molecule has 1 aromatic heterocycles. The van der Waals surface area contributed by atoms with Gasteiger partial charge < -0.3 is 10.3 Å². The fourth-order valence-electron chi connectivity index (χ4n) is 7.01. The molecule has 4 nitrogen and oxygen atoms in total. The van der Waals surface area contributed by atoms with Crippen molar-refractivity contribution >= 4 is 38.5 Å². The molecule has 0 radical (unpaired) electrons. The fraction of sp³-hybridized carbons (Fsp3) is 0.263. The van der Waals surface area contributed by atoms with Crippen LogP contribution in [0, 0.1) is 33.1 Å². The van der Waals surface area contributed by atoms with E-state index < -0.39 is 0 Å². The van der Waals surface area contributed by atoms with Crippen molar-refractivity contribution < 1.29 is 0 Å². The normalized spacial score (nSPS) is 27.7. The fourth-order valence-corrected chi connectivity index (χ4v) is 7.52. The van der Waals surface area contributed by atoms with E-state index in [-0.39, 0.29) is 17.5 Å². The maximum Gasteiger partial charge on any atom is 0.0755 e. The lowest BCUT2D eigenvalue weighted by atomic mass is 9.83. The van der Waals surface area contributed by atoms with Gasteiger partial charge in [-0.3, -0.25) is 0 Å². The van der Waals surface area contributed by atoms with Crippen molar-refractivity contribution in [3.8, 4) is 0 Å². The molecule has 43 heavy (non-hydrogen) atoms. The number of halogens is 1. The van der Waals surface area contributed by atoms with Gasteiger partial charge in [-0.05, 0) is 104 Å². The van der Waals surface area contributed by atoms with Crippen molar-refractivity contribution in [3.05, 3.63) is 139 Å². The average molecular weight is 630 g/mol.